The number of nitrogens with two attached hydrogens (primary N) is 1. The summed E-state index contributed by atoms with van der Waals surface area (Å²) >= 11 is 0. The molecule has 0 aromatic heterocycles. The first-order valence-corrected chi connectivity index (χ1v) is 6.41. The van der Waals surface area contributed by atoms with E-state index in [0.717, 1.165) is 5.56 Å². The van der Waals surface area contributed by atoms with Crippen molar-refractivity contribution in [2.24, 2.45) is 11.0 Å². The van der Waals surface area contributed by atoms with Crippen LogP contribution in [0.15, 0.2) is 17.3 Å². The van der Waals surface area contributed by atoms with Crippen LogP contribution in [-0.4, -0.2) is 31.6 Å². The first-order valence-electron chi connectivity index (χ1n) is 6.41. The van der Waals surface area contributed by atoms with E-state index >= 15 is 0 Å². The second-order valence-electron chi connectivity index (χ2n) is 4.68. The maximum Gasteiger partial charge on any atom is 0.283 e. The van der Waals surface area contributed by atoms with Crippen LogP contribution in [0.4, 0.5) is 0 Å². The van der Waals surface area contributed by atoms with Gasteiger partial charge in [0.15, 0.2) is 11.5 Å². The Bertz CT molecular complexity index is 602. The number of methoxy groups -OCH3 is 1. The Morgan fingerprint density at radius 3 is 3.14 bits per heavy atom. The number of nitrogens with zero attached hydrogens (tertiary/aromatic N) is 1. The average Bonchev–Trinajstić information content (AvgIpc) is 3.14. The summed E-state index contributed by atoms with van der Waals surface area (Å²) in [6.45, 7) is 0.180. The SMILES string of the molecule is COc1cc(C[C@H]2CC(C(=O)NN)=NO2)cc2c1OCO2. The monoisotopic (exact) mass is 293 g/mol. The van der Waals surface area contributed by atoms with Gasteiger partial charge in [-0.3, -0.25) is 10.2 Å². The van der Waals surface area contributed by atoms with E-state index in [2.05, 4.69) is 5.16 Å². The predicted molar refractivity (Wildman–Crippen MR) is 72.1 cm³/mol. The van der Waals surface area contributed by atoms with Crippen molar-refractivity contribution in [3.05, 3.63) is 17.7 Å². The molecule has 0 unspecified atom stereocenters. The molecular formula is C13H15N3O5. The molecule has 2 heterocycles. The standard InChI is InChI=1S/C13H15N3O5/c1-18-10-3-7(4-11-12(10)20-6-19-11)2-8-5-9(16-21-8)13(17)15-14/h3-4,8H,2,5-6,14H2,1H3,(H,15,17)/t8-/m0/s1. The van der Waals surface area contributed by atoms with Crippen LogP contribution < -0.4 is 25.5 Å². The molecule has 1 aromatic carbocycles. The van der Waals surface area contributed by atoms with Crippen LogP contribution in [0, 0.1) is 0 Å². The van der Waals surface area contributed by atoms with Gasteiger partial charge >= 0.3 is 0 Å². The molecule has 1 amide bonds. The molecule has 112 valence electrons. The number of fused-ring (bicyclic) bond motifs is 1. The largest absolute Gasteiger partial charge is 0.493 e. The number of benzene rings is 1. The maximum absolute atomic E-state index is 11.4. The lowest BCUT2D eigenvalue weighted by Crippen LogP contribution is -2.36. The van der Waals surface area contributed by atoms with Crippen LogP contribution in [0.25, 0.3) is 0 Å². The third-order valence-electron chi connectivity index (χ3n) is 3.31. The highest BCUT2D eigenvalue weighted by Crippen LogP contribution is 2.42. The fourth-order valence-corrected chi connectivity index (χ4v) is 2.32. The topological polar surface area (TPSA) is 104 Å². The molecule has 0 aliphatic carbocycles. The summed E-state index contributed by atoms with van der Waals surface area (Å²) in [5, 5.41) is 3.74. The first kappa shape index (κ1) is 13.5. The number of hydrazine groups is 1. The second kappa shape index (κ2) is 5.49. The number of oxime groups is 1. The number of hydrogen-bond donors (Lipinski definition) is 2. The van der Waals surface area contributed by atoms with Gasteiger partial charge in [-0.05, 0) is 17.7 Å². The van der Waals surface area contributed by atoms with Crippen molar-refractivity contribution in [2.45, 2.75) is 18.9 Å². The Morgan fingerprint density at radius 2 is 2.38 bits per heavy atom. The molecule has 0 bridgehead atoms. The summed E-state index contributed by atoms with van der Waals surface area (Å²) in [5.41, 5.74) is 3.27. The summed E-state index contributed by atoms with van der Waals surface area (Å²) < 4.78 is 16.0. The van der Waals surface area contributed by atoms with Gasteiger partial charge < -0.3 is 19.0 Å². The van der Waals surface area contributed by atoms with E-state index in [1.54, 1.807) is 7.11 Å². The van der Waals surface area contributed by atoms with Crippen LogP contribution in [0.5, 0.6) is 17.2 Å². The van der Waals surface area contributed by atoms with Crippen LogP contribution in [0.3, 0.4) is 0 Å². The molecule has 1 aromatic rings. The molecule has 3 rings (SSSR count). The van der Waals surface area contributed by atoms with Gasteiger partial charge in [0.2, 0.25) is 12.5 Å². The van der Waals surface area contributed by atoms with E-state index < -0.39 is 5.91 Å². The molecule has 0 saturated carbocycles. The van der Waals surface area contributed by atoms with E-state index in [1.165, 1.54) is 0 Å². The lowest BCUT2D eigenvalue weighted by molar-refractivity contribution is -0.115. The van der Waals surface area contributed by atoms with Crippen molar-refractivity contribution in [2.75, 3.05) is 13.9 Å². The minimum Gasteiger partial charge on any atom is -0.493 e. The Morgan fingerprint density at radius 1 is 1.52 bits per heavy atom. The van der Waals surface area contributed by atoms with Crippen LogP contribution in [0.1, 0.15) is 12.0 Å². The van der Waals surface area contributed by atoms with Crippen molar-refractivity contribution in [1.82, 2.24) is 5.43 Å². The molecule has 0 spiro atoms. The zero-order valence-corrected chi connectivity index (χ0v) is 11.4. The number of nitrogens with one attached hydrogen (secondary N) is 1. The molecule has 8 nitrogen and oxygen atoms in total. The van der Waals surface area contributed by atoms with Crippen LogP contribution >= 0.6 is 0 Å². The highest BCUT2D eigenvalue weighted by atomic mass is 16.7. The van der Waals surface area contributed by atoms with E-state index in [4.69, 9.17) is 24.9 Å². The van der Waals surface area contributed by atoms with Crippen molar-refractivity contribution in [3.8, 4) is 17.2 Å². The van der Waals surface area contributed by atoms with Crippen molar-refractivity contribution in [3.63, 3.8) is 0 Å². The van der Waals surface area contributed by atoms with E-state index in [0.29, 0.717) is 30.1 Å². The zero-order chi connectivity index (χ0) is 14.8. The maximum atomic E-state index is 11.4. The van der Waals surface area contributed by atoms with Gasteiger partial charge in [0, 0.05) is 12.8 Å². The fraction of sp³-hybridized carbons (Fsp3) is 0.385. The Balaban J connectivity index is 1.71. The van der Waals surface area contributed by atoms with E-state index in [9.17, 15) is 4.79 Å². The van der Waals surface area contributed by atoms with Gasteiger partial charge in [0.1, 0.15) is 11.8 Å². The van der Waals surface area contributed by atoms with Crippen molar-refractivity contribution < 1.29 is 23.8 Å². The molecule has 3 N–H and O–H groups in total. The minimum absolute atomic E-state index is 0.180. The molecule has 2 aliphatic rings. The zero-order valence-electron chi connectivity index (χ0n) is 11.4. The van der Waals surface area contributed by atoms with Crippen LogP contribution in [-0.2, 0) is 16.1 Å². The number of amides is 1. The first-order chi connectivity index (χ1) is 10.2. The van der Waals surface area contributed by atoms with Gasteiger partial charge in [0.25, 0.3) is 5.91 Å². The molecule has 8 heteroatoms. The Hall–Kier alpha value is -2.48. The Labute approximate surface area is 120 Å². The summed E-state index contributed by atoms with van der Waals surface area (Å²) in [6.07, 6.45) is 0.750. The molecule has 1 atom stereocenters. The third-order valence-corrected chi connectivity index (χ3v) is 3.31. The molecular weight excluding hydrogens is 278 g/mol. The number of hydrogen-bond acceptors (Lipinski definition) is 7. The van der Waals surface area contributed by atoms with Crippen molar-refractivity contribution in [1.29, 1.82) is 0 Å². The lowest BCUT2D eigenvalue weighted by Gasteiger charge is -2.11. The predicted octanol–water partition coefficient (Wildman–Crippen LogP) is 0.101. The summed E-state index contributed by atoms with van der Waals surface area (Å²) in [7, 11) is 1.57. The number of carbonyl (C=O) groups excluding carboxylic acids is 1. The lowest BCUT2D eigenvalue weighted by atomic mass is 10.0. The highest BCUT2D eigenvalue weighted by molar-refractivity contribution is 6.38. The molecule has 0 fully saturated rings. The summed E-state index contributed by atoms with van der Waals surface area (Å²) in [6, 6.07) is 3.73. The second-order valence-corrected chi connectivity index (χ2v) is 4.68. The van der Waals surface area contributed by atoms with E-state index in [-0.39, 0.29) is 18.6 Å². The smallest absolute Gasteiger partial charge is 0.283 e. The molecule has 0 radical (unpaired) electrons. The number of rotatable bonds is 4. The highest BCUT2D eigenvalue weighted by Gasteiger charge is 2.27. The van der Waals surface area contributed by atoms with Gasteiger partial charge in [-0.1, -0.05) is 5.16 Å². The number of ether oxygens (including phenoxy) is 3. The summed E-state index contributed by atoms with van der Waals surface area (Å²) in [4.78, 5) is 16.6. The van der Waals surface area contributed by atoms with Gasteiger partial charge in [0.05, 0.1) is 7.11 Å². The van der Waals surface area contributed by atoms with Crippen LogP contribution in [0.2, 0.25) is 0 Å². The number of carbonyl (C=O) groups is 1. The quantitative estimate of drug-likeness (QED) is 0.463. The van der Waals surface area contributed by atoms with Gasteiger partial charge in [-0.15, -0.1) is 0 Å². The molecule has 2 aliphatic heterocycles. The fourth-order valence-electron chi connectivity index (χ4n) is 2.32. The minimum atomic E-state index is -0.430. The average molecular weight is 293 g/mol. The third kappa shape index (κ3) is 2.57. The van der Waals surface area contributed by atoms with E-state index in [1.807, 2.05) is 17.6 Å². The molecule has 0 saturated heterocycles. The van der Waals surface area contributed by atoms with Gasteiger partial charge in [-0.25, -0.2) is 5.84 Å². The Kier molecular flexibility index (Phi) is 3.53. The molecule has 21 heavy (non-hydrogen) atoms. The van der Waals surface area contributed by atoms with Gasteiger partial charge in [-0.2, -0.15) is 0 Å². The normalized spacial score (nSPS) is 19.0. The summed E-state index contributed by atoms with van der Waals surface area (Å²) in [5.74, 6) is 6.49. The van der Waals surface area contributed by atoms with Crippen molar-refractivity contribution >= 4 is 11.6 Å².